The third-order valence-electron chi connectivity index (χ3n) is 6.33. The van der Waals surface area contributed by atoms with Crippen molar-refractivity contribution in [3.63, 3.8) is 0 Å². The van der Waals surface area contributed by atoms with E-state index >= 15 is 0 Å². The number of carboxylic acids is 2. The molecule has 3 aliphatic heterocycles. The van der Waals surface area contributed by atoms with E-state index in [9.17, 15) is 19.8 Å². The fourth-order valence-corrected chi connectivity index (χ4v) is 4.82. The summed E-state index contributed by atoms with van der Waals surface area (Å²) in [6.45, 7) is 1.43. The van der Waals surface area contributed by atoms with Gasteiger partial charge in [-0.3, -0.25) is 4.90 Å². The maximum Gasteiger partial charge on any atom is 0.333 e. The fraction of sp³-hybridized carbons (Fsp3) is 0.304. The van der Waals surface area contributed by atoms with Crippen molar-refractivity contribution in [2.75, 3.05) is 13.1 Å². The van der Waals surface area contributed by atoms with Crippen molar-refractivity contribution in [2.24, 2.45) is 5.92 Å². The first-order valence-corrected chi connectivity index (χ1v) is 10.5. The first-order valence-electron chi connectivity index (χ1n) is 10.5. The number of aromatic nitrogens is 3. The average Bonchev–Trinajstić information content (AvgIpc) is 3.27. The number of hydrogen-bond acceptors (Lipinski definition) is 6. The van der Waals surface area contributed by atoms with E-state index in [2.05, 4.69) is 15.2 Å². The number of H-pyrrole nitrogens is 1. The second-order valence-electron chi connectivity index (χ2n) is 8.18. The van der Waals surface area contributed by atoms with Gasteiger partial charge in [-0.2, -0.15) is 0 Å². The van der Waals surface area contributed by atoms with Crippen LogP contribution in [0.3, 0.4) is 0 Å². The molecule has 0 spiro atoms. The zero-order valence-electron chi connectivity index (χ0n) is 17.1. The molecule has 9 heteroatoms. The highest BCUT2D eigenvalue weighted by molar-refractivity contribution is 5.96. The second-order valence-corrected chi connectivity index (χ2v) is 8.18. The smallest absolute Gasteiger partial charge is 0.333 e. The van der Waals surface area contributed by atoms with Crippen LogP contribution in [0, 0.1) is 5.92 Å². The van der Waals surface area contributed by atoms with E-state index in [0.717, 1.165) is 35.4 Å². The highest BCUT2D eigenvalue weighted by Gasteiger charge is 2.47. The molecule has 3 N–H and O–H groups in total. The van der Waals surface area contributed by atoms with E-state index in [4.69, 9.17) is 4.74 Å². The van der Waals surface area contributed by atoms with Crippen molar-refractivity contribution < 1.29 is 24.5 Å². The number of fused-ring (bicyclic) bond motifs is 4. The second kappa shape index (κ2) is 8.08. The number of carbonyl (C=O) groups is 2. The van der Waals surface area contributed by atoms with Gasteiger partial charge in [-0.15, -0.1) is 10.2 Å². The normalized spacial score (nSPS) is 25.1. The van der Waals surface area contributed by atoms with Gasteiger partial charge in [-0.1, -0.05) is 6.07 Å². The predicted molar refractivity (Wildman–Crippen MR) is 115 cm³/mol. The van der Waals surface area contributed by atoms with Gasteiger partial charge in [0.25, 0.3) is 0 Å². The monoisotopic (exact) mass is 434 g/mol. The molecule has 32 heavy (non-hydrogen) atoms. The van der Waals surface area contributed by atoms with Crippen molar-refractivity contribution in [3.05, 3.63) is 54.2 Å². The molecule has 3 aromatic rings. The Morgan fingerprint density at radius 2 is 1.91 bits per heavy atom. The van der Waals surface area contributed by atoms with Gasteiger partial charge in [0.2, 0.25) is 5.88 Å². The molecule has 3 saturated heterocycles. The number of rotatable bonds is 6. The molecule has 2 bridgehead atoms. The Kier molecular flexibility index (Phi) is 5.10. The van der Waals surface area contributed by atoms with Gasteiger partial charge in [-0.25, -0.2) is 9.59 Å². The van der Waals surface area contributed by atoms with E-state index < -0.39 is 24.1 Å². The summed E-state index contributed by atoms with van der Waals surface area (Å²) in [6.07, 6.45) is 3.88. The molecular weight excluding hydrogens is 412 g/mol. The maximum absolute atomic E-state index is 11.8. The van der Waals surface area contributed by atoms with Gasteiger partial charge < -0.3 is 19.9 Å². The van der Waals surface area contributed by atoms with E-state index in [0.29, 0.717) is 24.7 Å². The van der Waals surface area contributed by atoms with Crippen LogP contribution in [-0.4, -0.2) is 67.5 Å². The lowest BCUT2D eigenvalue weighted by molar-refractivity contribution is -0.137. The Labute approximate surface area is 183 Å². The highest BCUT2D eigenvalue weighted by atomic mass is 16.5. The molecule has 9 nitrogen and oxygen atoms in total. The van der Waals surface area contributed by atoms with Crippen LogP contribution < -0.4 is 4.74 Å². The Bertz CT molecular complexity index is 1190. The van der Waals surface area contributed by atoms with Crippen LogP contribution in [-0.2, 0) is 9.59 Å². The van der Waals surface area contributed by atoms with Crippen molar-refractivity contribution in [2.45, 2.75) is 25.0 Å². The Morgan fingerprint density at radius 3 is 2.59 bits per heavy atom. The molecule has 1 aromatic carbocycles. The van der Waals surface area contributed by atoms with Crippen LogP contribution in [0.1, 0.15) is 12.8 Å². The molecule has 0 aliphatic carbocycles. The number of piperidine rings is 3. The summed E-state index contributed by atoms with van der Waals surface area (Å²) in [7, 11) is 0. The van der Waals surface area contributed by atoms with Crippen molar-refractivity contribution in [3.8, 4) is 17.1 Å². The largest absolute Gasteiger partial charge is 0.478 e. The molecule has 6 rings (SSSR count). The van der Waals surface area contributed by atoms with E-state index in [1.807, 2.05) is 41.4 Å². The van der Waals surface area contributed by atoms with Crippen LogP contribution in [0.2, 0.25) is 0 Å². The number of ether oxygens (including phenoxy) is 1. The minimum Gasteiger partial charge on any atom is -0.478 e. The van der Waals surface area contributed by atoms with Gasteiger partial charge in [0.15, 0.2) is 0 Å². The summed E-state index contributed by atoms with van der Waals surface area (Å²) in [6, 6.07) is 10.8. The molecule has 1 unspecified atom stereocenters. The molecule has 2 atom stereocenters. The van der Waals surface area contributed by atoms with Crippen LogP contribution in [0.4, 0.5) is 0 Å². The zero-order valence-corrected chi connectivity index (χ0v) is 17.1. The van der Waals surface area contributed by atoms with E-state index in [1.165, 1.54) is 0 Å². The van der Waals surface area contributed by atoms with Gasteiger partial charge >= 0.3 is 11.9 Å². The Hall–Kier alpha value is -3.72. The fourth-order valence-electron chi connectivity index (χ4n) is 4.82. The highest BCUT2D eigenvalue weighted by Crippen LogP contribution is 2.38. The van der Waals surface area contributed by atoms with Crippen molar-refractivity contribution >= 4 is 22.8 Å². The molecule has 164 valence electrons. The minimum absolute atomic E-state index is 0.124. The van der Waals surface area contributed by atoms with E-state index in [-0.39, 0.29) is 11.5 Å². The van der Waals surface area contributed by atoms with E-state index in [1.54, 1.807) is 6.07 Å². The van der Waals surface area contributed by atoms with Crippen LogP contribution in [0.15, 0.2) is 54.2 Å². The molecule has 5 heterocycles. The maximum atomic E-state index is 11.8. The summed E-state index contributed by atoms with van der Waals surface area (Å²) in [5.41, 5.74) is 2.49. The zero-order chi connectivity index (χ0) is 22.2. The number of aromatic amines is 1. The van der Waals surface area contributed by atoms with Gasteiger partial charge in [0.1, 0.15) is 6.10 Å². The Balaban J connectivity index is 1.41. The molecule has 3 fully saturated rings. The van der Waals surface area contributed by atoms with Gasteiger partial charge in [-0.05, 0) is 50.2 Å². The lowest BCUT2D eigenvalue weighted by Gasteiger charge is -2.50. The average molecular weight is 434 g/mol. The first kappa shape index (κ1) is 20.2. The lowest BCUT2D eigenvalue weighted by Crippen LogP contribution is -2.61. The third-order valence-corrected chi connectivity index (χ3v) is 6.33. The molecule has 3 aliphatic rings. The van der Waals surface area contributed by atoms with Gasteiger partial charge in [0.05, 0.1) is 17.3 Å². The van der Waals surface area contributed by atoms with Crippen molar-refractivity contribution in [1.29, 1.82) is 0 Å². The Morgan fingerprint density at radius 1 is 1.09 bits per heavy atom. The summed E-state index contributed by atoms with van der Waals surface area (Å²) in [4.78, 5) is 28.2. The lowest BCUT2D eigenvalue weighted by atomic mass is 9.77. The predicted octanol–water partition coefficient (Wildman–Crippen LogP) is 2.56. The minimum atomic E-state index is -1.28. The quantitative estimate of drug-likeness (QED) is 0.505. The van der Waals surface area contributed by atoms with Crippen LogP contribution >= 0.6 is 0 Å². The molecular formula is C23H22N4O5. The standard InChI is InChI=1S/C23H22N4O5/c28-20(29)12-16(23(30)31)21-22(13-6-9-27(21)10-7-13)32-19-4-3-18(25-26-19)14-1-2-17-15(11-14)5-8-24-17/h1-5,8,11-13,21-22,24H,6-7,9-10H2,(H,28,29)(H,30,31)/b16-12+/t21?,22-/m0/s1. The van der Waals surface area contributed by atoms with Crippen LogP contribution in [0.25, 0.3) is 22.2 Å². The number of carboxylic acid groups (broad SMARTS) is 2. The number of nitrogens with one attached hydrogen (secondary N) is 1. The first-order chi connectivity index (χ1) is 15.5. The summed E-state index contributed by atoms with van der Waals surface area (Å²) in [5.74, 6) is -2.12. The third kappa shape index (κ3) is 3.71. The number of aliphatic carboxylic acids is 2. The number of hydrogen-bond donors (Lipinski definition) is 3. The molecule has 0 amide bonds. The van der Waals surface area contributed by atoms with Crippen molar-refractivity contribution in [1.82, 2.24) is 20.1 Å². The summed E-state index contributed by atoms with van der Waals surface area (Å²) < 4.78 is 6.15. The summed E-state index contributed by atoms with van der Waals surface area (Å²) in [5, 5.41) is 28.4. The molecule has 0 radical (unpaired) electrons. The molecule has 2 aromatic heterocycles. The number of nitrogens with zero attached hydrogens (tertiary/aromatic N) is 3. The summed E-state index contributed by atoms with van der Waals surface area (Å²) >= 11 is 0. The SMILES string of the molecule is O=C(O)/C=C(/C(=O)O)C1[C@@H](Oc2ccc(-c3ccc4[nH]ccc4c3)nn2)C2CCN1CC2. The topological polar surface area (TPSA) is 129 Å². The molecule has 0 saturated carbocycles. The van der Waals surface area contributed by atoms with Crippen LogP contribution in [0.5, 0.6) is 5.88 Å². The van der Waals surface area contributed by atoms with Gasteiger partial charge in [0, 0.05) is 40.7 Å². The number of benzene rings is 1.